The lowest BCUT2D eigenvalue weighted by Crippen LogP contribution is -1.88. The van der Waals surface area contributed by atoms with Crippen LogP contribution < -0.4 is 0 Å². The van der Waals surface area contributed by atoms with Gasteiger partial charge in [-0.25, -0.2) is 4.98 Å². The molecule has 4 rings (SSSR count). The van der Waals surface area contributed by atoms with Gasteiger partial charge in [0.1, 0.15) is 11.4 Å². The van der Waals surface area contributed by atoms with Crippen molar-refractivity contribution in [2.45, 2.75) is 6.92 Å². The highest BCUT2D eigenvalue weighted by Gasteiger charge is 2.14. The molecule has 2 aromatic carbocycles. The van der Waals surface area contributed by atoms with Crippen molar-refractivity contribution >= 4 is 10.8 Å². The molecule has 0 aliphatic carbocycles. The van der Waals surface area contributed by atoms with Gasteiger partial charge in [-0.2, -0.15) is 5.10 Å². The van der Waals surface area contributed by atoms with E-state index in [1.165, 1.54) is 0 Å². The van der Waals surface area contributed by atoms with E-state index < -0.39 is 0 Å². The summed E-state index contributed by atoms with van der Waals surface area (Å²) in [4.78, 5) is 8.93. The standard InChI is InChI=1S/C18H14N4O/c1-11-6-7-15(23)14(10-11)17-20-18(22-21-17)16-13-5-3-2-4-12(13)8-9-19-16/h2-10,23H,1H3,(H,20,21,22). The number of benzene rings is 2. The number of nitrogens with zero attached hydrogens (tertiary/aromatic N) is 3. The minimum atomic E-state index is 0.171. The Morgan fingerprint density at radius 2 is 1.91 bits per heavy atom. The maximum atomic E-state index is 10.0. The van der Waals surface area contributed by atoms with Crippen LogP contribution >= 0.6 is 0 Å². The Morgan fingerprint density at radius 3 is 2.83 bits per heavy atom. The lowest BCUT2D eigenvalue weighted by molar-refractivity contribution is 0.477. The number of aromatic hydroxyl groups is 1. The van der Waals surface area contributed by atoms with Gasteiger partial charge in [0.15, 0.2) is 5.82 Å². The Morgan fingerprint density at radius 1 is 1.04 bits per heavy atom. The molecule has 0 aliphatic rings. The number of hydrogen-bond acceptors (Lipinski definition) is 4. The zero-order chi connectivity index (χ0) is 15.8. The van der Waals surface area contributed by atoms with E-state index in [0.29, 0.717) is 17.2 Å². The van der Waals surface area contributed by atoms with Crippen LogP contribution in [0.1, 0.15) is 5.56 Å². The van der Waals surface area contributed by atoms with Crippen LogP contribution in [0.3, 0.4) is 0 Å². The topological polar surface area (TPSA) is 74.7 Å². The van der Waals surface area contributed by atoms with Crippen molar-refractivity contribution < 1.29 is 5.11 Å². The van der Waals surface area contributed by atoms with Crippen LogP contribution in [0.25, 0.3) is 33.7 Å². The smallest absolute Gasteiger partial charge is 0.200 e. The summed E-state index contributed by atoms with van der Waals surface area (Å²) in [6.07, 6.45) is 1.75. The zero-order valence-corrected chi connectivity index (χ0v) is 12.5. The number of phenols is 1. The summed E-state index contributed by atoms with van der Waals surface area (Å²) in [5, 5.41) is 19.3. The van der Waals surface area contributed by atoms with E-state index >= 15 is 0 Å². The highest BCUT2D eigenvalue weighted by atomic mass is 16.3. The molecule has 112 valence electrons. The number of rotatable bonds is 2. The van der Waals surface area contributed by atoms with Gasteiger partial charge in [0.25, 0.3) is 0 Å². The third kappa shape index (κ3) is 2.32. The number of hydrogen-bond donors (Lipinski definition) is 2. The van der Waals surface area contributed by atoms with Gasteiger partial charge in [-0.1, -0.05) is 35.9 Å². The molecule has 2 aromatic heterocycles. The Labute approximate surface area is 132 Å². The fourth-order valence-corrected chi connectivity index (χ4v) is 2.63. The molecule has 0 amide bonds. The Bertz CT molecular complexity index is 1000. The van der Waals surface area contributed by atoms with Crippen LogP contribution in [0.4, 0.5) is 0 Å². The lowest BCUT2D eigenvalue weighted by Gasteiger charge is -2.02. The number of aryl methyl sites for hydroxylation is 1. The van der Waals surface area contributed by atoms with E-state index in [9.17, 15) is 5.11 Å². The molecule has 23 heavy (non-hydrogen) atoms. The summed E-state index contributed by atoms with van der Waals surface area (Å²) >= 11 is 0. The van der Waals surface area contributed by atoms with E-state index in [4.69, 9.17) is 0 Å². The fraction of sp³-hybridized carbons (Fsp3) is 0.0556. The van der Waals surface area contributed by atoms with Crippen LogP contribution in [0.15, 0.2) is 54.7 Å². The minimum absolute atomic E-state index is 0.171. The Hall–Kier alpha value is -3.21. The van der Waals surface area contributed by atoms with Crippen molar-refractivity contribution in [3.05, 3.63) is 60.3 Å². The average molecular weight is 302 g/mol. The second kappa shape index (κ2) is 5.21. The number of aromatic nitrogens is 4. The molecule has 0 unspecified atom stereocenters. The molecule has 5 nitrogen and oxygen atoms in total. The molecule has 2 N–H and O–H groups in total. The summed E-state index contributed by atoms with van der Waals surface area (Å²) < 4.78 is 0. The van der Waals surface area contributed by atoms with Crippen LogP contribution in [0.2, 0.25) is 0 Å². The highest BCUT2D eigenvalue weighted by Crippen LogP contribution is 2.30. The van der Waals surface area contributed by atoms with E-state index in [-0.39, 0.29) is 5.75 Å². The first-order valence-electron chi connectivity index (χ1n) is 7.29. The number of fused-ring (bicyclic) bond motifs is 1. The number of aromatic amines is 1. The largest absolute Gasteiger partial charge is 0.507 e. The van der Waals surface area contributed by atoms with Gasteiger partial charge in [-0.3, -0.25) is 10.1 Å². The number of nitrogens with one attached hydrogen (secondary N) is 1. The van der Waals surface area contributed by atoms with Gasteiger partial charge in [0, 0.05) is 11.6 Å². The second-order valence-electron chi connectivity index (χ2n) is 5.41. The van der Waals surface area contributed by atoms with Crippen LogP contribution in [0.5, 0.6) is 5.75 Å². The fourth-order valence-electron chi connectivity index (χ4n) is 2.63. The van der Waals surface area contributed by atoms with Crippen molar-refractivity contribution in [1.29, 1.82) is 0 Å². The summed E-state index contributed by atoms with van der Waals surface area (Å²) in [6.45, 7) is 1.96. The van der Waals surface area contributed by atoms with E-state index in [1.54, 1.807) is 12.3 Å². The van der Waals surface area contributed by atoms with E-state index in [0.717, 1.165) is 22.0 Å². The molecule has 2 heterocycles. The molecular formula is C18H14N4O. The molecule has 0 bridgehead atoms. The molecule has 5 heteroatoms. The third-order valence-electron chi connectivity index (χ3n) is 3.78. The van der Waals surface area contributed by atoms with Gasteiger partial charge in [-0.05, 0) is 30.5 Å². The lowest BCUT2D eigenvalue weighted by atomic mass is 10.1. The summed E-state index contributed by atoms with van der Waals surface area (Å²) in [6, 6.07) is 15.3. The number of phenolic OH excluding ortho intramolecular Hbond substituents is 1. The minimum Gasteiger partial charge on any atom is -0.507 e. The highest BCUT2D eigenvalue weighted by molar-refractivity contribution is 5.93. The van der Waals surface area contributed by atoms with E-state index in [1.807, 2.05) is 49.4 Å². The van der Waals surface area contributed by atoms with Crippen molar-refractivity contribution in [1.82, 2.24) is 20.2 Å². The monoisotopic (exact) mass is 302 g/mol. The van der Waals surface area contributed by atoms with Gasteiger partial charge in [0.2, 0.25) is 5.82 Å². The molecule has 0 saturated carbocycles. The van der Waals surface area contributed by atoms with Crippen LogP contribution in [0, 0.1) is 6.92 Å². The molecular weight excluding hydrogens is 288 g/mol. The average Bonchev–Trinajstić information content (AvgIpc) is 3.06. The molecule has 0 saturated heterocycles. The maximum Gasteiger partial charge on any atom is 0.200 e. The summed E-state index contributed by atoms with van der Waals surface area (Å²) in [7, 11) is 0. The van der Waals surface area contributed by atoms with E-state index in [2.05, 4.69) is 20.2 Å². The first-order chi connectivity index (χ1) is 11.2. The Balaban J connectivity index is 1.86. The quantitative estimate of drug-likeness (QED) is 0.592. The maximum absolute atomic E-state index is 10.0. The molecule has 0 fully saturated rings. The second-order valence-corrected chi connectivity index (χ2v) is 5.41. The molecule has 4 aromatic rings. The number of pyridine rings is 1. The predicted octanol–water partition coefficient (Wildman–Crippen LogP) is 3.70. The third-order valence-corrected chi connectivity index (χ3v) is 3.78. The normalized spacial score (nSPS) is 11.0. The predicted molar refractivity (Wildman–Crippen MR) is 89.0 cm³/mol. The van der Waals surface area contributed by atoms with Crippen molar-refractivity contribution in [3.8, 4) is 28.7 Å². The van der Waals surface area contributed by atoms with Crippen LogP contribution in [-0.4, -0.2) is 25.3 Å². The first kappa shape index (κ1) is 13.5. The summed E-state index contributed by atoms with van der Waals surface area (Å²) in [5.74, 6) is 1.21. The number of H-pyrrole nitrogens is 1. The van der Waals surface area contributed by atoms with Gasteiger partial charge in [0.05, 0.1) is 5.56 Å². The van der Waals surface area contributed by atoms with Crippen molar-refractivity contribution in [2.24, 2.45) is 0 Å². The van der Waals surface area contributed by atoms with Crippen molar-refractivity contribution in [3.63, 3.8) is 0 Å². The van der Waals surface area contributed by atoms with Gasteiger partial charge >= 0.3 is 0 Å². The van der Waals surface area contributed by atoms with Gasteiger partial charge in [-0.15, -0.1) is 0 Å². The molecule has 0 radical (unpaired) electrons. The first-order valence-corrected chi connectivity index (χ1v) is 7.29. The van der Waals surface area contributed by atoms with Crippen LogP contribution in [-0.2, 0) is 0 Å². The SMILES string of the molecule is Cc1ccc(O)c(-c2nc(-c3nccc4ccccc34)n[nH]2)c1. The van der Waals surface area contributed by atoms with Crippen molar-refractivity contribution in [2.75, 3.05) is 0 Å². The van der Waals surface area contributed by atoms with Gasteiger partial charge < -0.3 is 5.11 Å². The molecule has 0 aliphatic heterocycles. The summed E-state index contributed by atoms with van der Waals surface area (Å²) in [5.41, 5.74) is 2.39. The molecule has 0 atom stereocenters. The zero-order valence-electron chi connectivity index (χ0n) is 12.5. The molecule has 0 spiro atoms. The Kier molecular flexibility index (Phi) is 3.05.